The molecule has 3 aromatic rings. The Hall–Kier alpha value is -2.33. The van der Waals surface area contributed by atoms with Gasteiger partial charge in [-0.2, -0.15) is 0 Å². The number of hydrogen-bond donors (Lipinski definition) is 1. The molecule has 4 rings (SSSR count). The fraction of sp³-hybridized carbons (Fsp3) is 0.333. The molecule has 0 aliphatic heterocycles. The maximum absolute atomic E-state index is 12.4. The van der Waals surface area contributed by atoms with Crippen molar-refractivity contribution >= 4 is 17.5 Å². The first-order valence-corrected chi connectivity index (χ1v) is 10.9. The predicted octanol–water partition coefficient (Wildman–Crippen LogP) is 5.94. The van der Waals surface area contributed by atoms with Gasteiger partial charge in [0.2, 0.25) is 0 Å². The summed E-state index contributed by atoms with van der Waals surface area (Å²) in [5.41, 5.74) is 4.79. The van der Waals surface area contributed by atoms with Crippen LogP contribution in [0.2, 0.25) is 0 Å². The van der Waals surface area contributed by atoms with Crippen molar-refractivity contribution in [1.29, 1.82) is 0 Å². The Kier molecular flexibility index (Phi) is 5.40. The summed E-state index contributed by atoms with van der Waals surface area (Å²) in [5, 5.41) is 0. The first-order valence-electron chi connectivity index (χ1n) is 10.1. The molecular formula is C24H26N2OS. The monoisotopic (exact) mass is 390 g/mol. The summed E-state index contributed by atoms with van der Waals surface area (Å²) in [5.74, 6) is 1.24. The molecule has 0 unspecified atom stereocenters. The highest BCUT2D eigenvalue weighted by Gasteiger charge is 2.34. The number of hydrogen-bond acceptors (Lipinski definition) is 3. The summed E-state index contributed by atoms with van der Waals surface area (Å²) < 4.78 is -0.333. The van der Waals surface area contributed by atoms with Crippen molar-refractivity contribution in [2.24, 2.45) is 0 Å². The Morgan fingerprint density at radius 2 is 1.96 bits per heavy atom. The standard InChI is InChI=1S/C24H26N2OS/c1-3-8-20-18-11-7-12-21(27)19(18)13-14-22(20)28-24(2,23-25-15-16-26-23)17-9-5-4-6-10-17/h4-6,9-10,13-16H,3,7-8,11-12H2,1-2H3,(H,25,26)/t24-/m0/s1. The average Bonchev–Trinajstić information content (AvgIpc) is 3.26. The van der Waals surface area contributed by atoms with Crippen LogP contribution in [0, 0.1) is 0 Å². The lowest BCUT2D eigenvalue weighted by Crippen LogP contribution is -2.22. The Morgan fingerprint density at radius 1 is 1.14 bits per heavy atom. The lowest BCUT2D eigenvalue weighted by atomic mass is 9.86. The molecular weight excluding hydrogens is 364 g/mol. The van der Waals surface area contributed by atoms with Crippen LogP contribution in [0.25, 0.3) is 0 Å². The molecule has 1 heterocycles. The number of benzene rings is 2. The number of carbonyl (C=O) groups is 1. The highest BCUT2D eigenvalue weighted by molar-refractivity contribution is 8.00. The molecule has 1 aliphatic carbocycles. The molecule has 1 atom stereocenters. The molecule has 4 heteroatoms. The predicted molar refractivity (Wildman–Crippen MR) is 115 cm³/mol. The van der Waals surface area contributed by atoms with E-state index in [-0.39, 0.29) is 4.75 Å². The molecule has 0 amide bonds. The third-order valence-electron chi connectivity index (χ3n) is 5.61. The number of aromatic amines is 1. The van der Waals surface area contributed by atoms with Crippen molar-refractivity contribution in [2.45, 2.75) is 55.6 Å². The van der Waals surface area contributed by atoms with Gasteiger partial charge in [-0.05, 0) is 48.9 Å². The minimum atomic E-state index is -0.333. The third kappa shape index (κ3) is 3.42. The van der Waals surface area contributed by atoms with E-state index in [0.29, 0.717) is 12.2 Å². The Balaban J connectivity index is 1.83. The normalized spacial score (nSPS) is 15.9. The van der Waals surface area contributed by atoms with E-state index in [4.69, 9.17) is 0 Å². The second kappa shape index (κ2) is 7.96. The van der Waals surface area contributed by atoms with Crippen LogP contribution in [0.5, 0.6) is 0 Å². The number of fused-ring (bicyclic) bond motifs is 1. The van der Waals surface area contributed by atoms with E-state index in [9.17, 15) is 4.79 Å². The summed E-state index contributed by atoms with van der Waals surface area (Å²) in [6, 6.07) is 14.7. The van der Waals surface area contributed by atoms with Crippen LogP contribution in [0.4, 0.5) is 0 Å². The van der Waals surface area contributed by atoms with Gasteiger partial charge in [-0.15, -0.1) is 11.8 Å². The lowest BCUT2D eigenvalue weighted by Gasteiger charge is -2.30. The van der Waals surface area contributed by atoms with Crippen LogP contribution in [0.3, 0.4) is 0 Å². The van der Waals surface area contributed by atoms with Crippen LogP contribution >= 0.6 is 11.8 Å². The van der Waals surface area contributed by atoms with E-state index in [2.05, 4.69) is 54.1 Å². The molecule has 0 radical (unpaired) electrons. The van der Waals surface area contributed by atoms with E-state index in [0.717, 1.165) is 37.1 Å². The number of thioether (sulfide) groups is 1. The van der Waals surface area contributed by atoms with Crippen LogP contribution in [0.15, 0.2) is 59.8 Å². The van der Waals surface area contributed by atoms with Crippen molar-refractivity contribution in [2.75, 3.05) is 0 Å². The van der Waals surface area contributed by atoms with Gasteiger partial charge >= 0.3 is 0 Å². The molecule has 0 spiro atoms. The van der Waals surface area contributed by atoms with Gasteiger partial charge in [-0.1, -0.05) is 49.7 Å². The van der Waals surface area contributed by atoms with Gasteiger partial charge < -0.3 is 4.98 Å². The van der Waals surface area contributed by atoms with Gasteiger partial charge in [0.1, 0.15) is 10.6 Å². The number of ketones is 1. The molecule has 1 aliphatic rings. The van der Waals surface area contributed by atoms with Gasteiger partial charge in [0.25, 0.3) is 0 Å². The summed E-state index contributed by atoms with van der Waals surface area (Å²) in [7, 11) is 0. The largest absolute Gasteiger partial charge is 0.347 e. The molecule has 3 nitrogen and oxygen atoms in total. The van der Waals surface area contributed by atoms with Gasteiger partial charge in [0, 0.05) is 29.3 Å². The second-order valence-electron chi connectivity index (χ2n) is 7.53. The molecule has 144 valence electrons. The molecule has 1 N–H and O–H groups in total. The van der Waals surface area contributed by atoms with Crippen LogP contribution < -0.4 is 0 Å². The summed E-state index contributed by atoms with van der Waals surface area (Å²) in [6.07, 6.45) is 8.42. The SMILES string of the molecule is CCCc1c(S[C@@](C)(c2ccccc2)c2ncc[nH]2)ccc2c1CCCC2=O. The zero-order valence-corrected chi connectivity index (χ0v) is 17.3. The maximum Gasteiger partial charge on any atom is 0.163 e. The molecule has 0 saturated carbocycles. The number of nitrogens with zero attached hydrogens (tertiary/aromatic N) is 1. The van der Waals surface area contributed by atoms with Gasteiger partial charge in [0.15, 0.2) is 5.78 Å². The summed E-state index contributed by atoms with van der Waals surface area (Å²) in [6.45, 7) is 4.44. The van der Waals surface area contributed by atoms with E-state index in [1.165, 1.54) is 21.6 Å². The fourth-order valence-corrected chi connectivity index (χ4v) is 5.53. The average molecular weight is 391 g/mol. The zero-order chi connectivity index (χ0) is 19.6. The second-order valence-corrected chi connectivity index (χ2v) is 8.99. The molecule has 2 aromatic carbocycles. The molecule has 1 aromatic heterocycles. The van der Waals surface area contributed by atoms with Crippen molar-refractivity contribution < 1.29 is 4.79 Å². The third-order valence-corrected chi connectivity index (χ3v) is 7.05. The van der Waals surface area contributed by atoms with Gasteiger partial charge in [-0.25, -0.2) is 4.98 Å². The molecule has 28 heavy (non-hydrogen) atoms. The molecule has 0 bridgehead atoms. The Labute approximate surface area is 171 Å². The number of H-pyrrole nitrogens is 1. The number of nitrogens with one attached hydrogen (secondary N) is 1. The summed E-state index contributed by atoms with van der Waals surface area (Å²) in [4.78, 5) is 21.6. The van der Waals surface area contributed by atoms with Crippen LogP contribution in [-0.4, -0.2) is 15.8 Å². The van der Waals surface area contributed by atoms with E-state index in [1.54, 1.807) is 0 Å². The smallest absolute Gasteiger partial charge is 0.163 e. The first kappa shape index (κ1) is 19.0. The number of imidazole rings is 1. The van der Waals surface area contributed by atoms with Gasteiger partial charge in [0.05, 0.1) is 0 Å². The van der Waals surface area contributed by atoms with Crippen molar-refractivity contribution in [3.05, 3.63) is 82.9 Å². The quantitative estimate of drug-likeness (QED) is 0.530. The Bertz CT molecular complexity index is 966. The number of carbonyl (C=O) groups excluding carboxylic acids is 1. The molecule has 0 saturated heterocycles. The van der Waals surface area contributed by atoms with E-state index >= 15 is 0 Å². The minimum Gasteiger partial charge on any atom is -0.347 e. The van der Waals surface area contributed by atoms with Crippen molar-refractivity contribution in [3.8, 4) is 0 Å². The van der Waals surface area contributed by atoms with Crippen LogP contribution in [0.1, 0.15) is 66.0 Å². The minimum absolute atomic E-state index is 0.298. The highest BCUT2D eigenvalue weighted by Crippen LogP contribution is 2.47. The topological polar surface area (TPSA) is 45.8 Å². The lowest BCUT2D eigenvalue weighted by molar-refractivity contribution is 0.0972. The summed E-state index contributed by atoms with van der Waals surface area (Å²) >= 11 is 1.84. The number of rotatable bonds is 6. The zero-order valence-electron chi connectivity index (χ0n) is 16.5. The van der Waals surface area contributed by atoms with Gasteiger partial charge in [-0.3, -0.25) is 4.79 Å². The Morgan fingerprint density at radius 3 is 2.68 bits per heavy atom. The molecule has 0 fully saturated rings. The highest BCUT2D eigenvalue weighted by atomic mass is 32.2. The fourth-order valence-electron chi connectivity index (χ4n) is 4.14. The van der Waals surface area contributed by atoms with E-state index in [1.807, 2.05) is 36.3 Å². The van der Waals surface area contributed by atoms with Crippen LogP contribution in [-0.2, 0) is 17.6 Å². The number of aromatic nitrogens is 2. The van der Waals surface area contributed by atoms with Crippen molar-refractivity contribution in [1.82, 2.24) is 9.97 Å². The van der Waals surface area contributed by atoms with Crippen molar-refractivity contribution in [3.63, 3.8) is 0 Å². The van der Waals surface area contributed by atoms with E-state index < -0.39 is 0 Å². The number of Topliss-reactive ketones (excluding diaryl/α,β-unsaturated/α-hetero) is 1. The first-order chi connectivity index (χ1) is 13.6. The maximum atomic E-state index is 12.4.